The molecule has 2 aromatic carbocycles. The molecule has 0 radical (unpaired) electrons. The molecule has 7 nitrogen and oxygen atoms in total. The van der Waals surface area contributed by atoms with E-state index in [1.807, 2.05) is 24.3 Å². The molecule has 0 bridgehead atoms. The van der Waals surface area contributed by atoms with Gasteiger partial charge in [0.15, 0.2) is 5.82 Å². The number of hydrogen-bond acceptors (Lipinski definition) is 6. The van der Waals surface area contributed by atoms with Gasteiger partial charge in [-0.25, -0.2) is 9.37 Å². The molecule has 0 aliphatic carbocycles. The number of rotatable bonds is 8. The predicted octanol–water partition coefficient (Wildman–Crippen LogP) is 4.59. The van der Waals surface area contributed by atoms with Crippen molar-refractivity contribution in [2.75, 3.05) is 38.5 Å². The maximum Gasteiger partial charge on any atom is 0.156 e. The summed E-state index contributed by atoms with van der Waals surface area (Å²) in [5, 5.41) is 8.79. The minimum Gasteiger partial charge on any atom is -0.398 e. The Balaban J connectivity index is 1.29. The Morgan fingerprint density at radius 3 is 2.54 bits per heavy atom. The molecule has 0 unspecified atom stereocenters. The first-order valence-electron chi connectivity index (χ1n) is 13.1. The Labute approximate surface area is 218 Å². The minimum atomic E-state index is -0.268. The van der Waals surface area contributed by atoms with Crippen LogP contribution in [-0.4, -0.2) is 63.1 Å². The molecule has 1 aromatic heterocycles. The minimum absolute atomic E-state index is 0.257. The number of H-pyrrole nitrogens is 1. The maximum absolute atomic E-state index is 14.0. The Hall–Kier alpha value is -3.65. The smallest absolute Gasteiger partial charge is 0.156 e. The highest BCUT2D eigenvalue weighted by Crippen LogP contribution is 2.31. The van der Waals surface area contributed by atoms with Crippen LogP contribution in [0, 0.1) is 11.2 Å². The van der Waals surface area contributed by atoms with Gasteiger partial charge in [0.2, 0.25) is 0 Å². The summed E-state index contributed by atoms with van der Waals surface area (Å²) < 4.78 is 14.0. The molecule has 3 aromatic rings. The molecule has 0 spiro atoms. The number of nitrogens with one attached hydrogen (secondary N) is 2. The molecule has 4 N–H and O–H groups in total. The normalized spacial score (nSPS) is 15.8. The fourth-order valence-corrected chi connectivity index (χ4v) is 5.35. The molecule has 1 saturated heterocycles. The number of imidazole rings is 1. The van der Waals surface area contributed by atoms with Gasteiger partial charge in [-0.2, -0.15) is 0 Å². The quantitative estimate of drug-likeness (QED) is 0.310. The summed E-state index contributed by atoms with van der Waals surface area (Å²) in [6.07, 6.45) is 1.84. The van der Waals surface area contributed by atoms with E-state index in [0.29, 0.717) is 30.2 Å². The summed E-state index contributed by atoms with van der Waals surface area (Å²) in [6.45, 7) is 15.2. The van der Waals surface area contributed by atoms with Crippen molar-refractivity contribution >= 4 is 11.4 Å². The van der Waals surface area contributed by atoms with Crippen LogP contribution >= 0.6 is 0 Å². The van der Waals surface area contributed by atoms with Gasteiger partial charge < -0.3 is 25.4 Å². The van der Waals surface area contributed by atoms with Crippen molar-refractivity contribution in [1.29, 1.82) is 5.41 Å². The van der Waals surface area contributed by atoms with Gasteiger partial charge in [-0.3, -0.25) is 5.41 Å². The Bertz CT molecular complexity index is 1300. The second-order valence-electron chi connectivity index (χ2n) is 9.93. The van der Waals surface area contributed by atoms with E-state index in [1.54, 1.807) is 6.07 Å². The average molecular weight is 502 g/mol. The third-order valence-corrected chi connectivity index (χ3v) is 7.56. The second kappa shape index (κ2) is 10.4. The van der Waals surface area contributed by atoms with Crippen LogP contribution in [0.2, 0.25) is 0 Å². The Kier molecular flexibility index (Phi) is 7.02. The number of likely N-dealkylation sites (N-methyl/N-ethyl adjacent to an activating group) is 1. The number of anilines is 1. The zero-order valence-corrected chi connectivity index (χ0v) is 21.8. The van der Waals surface area contributed by atoms with Crippen LogP contribution in [-0.2, 0) is 19.5 Å². The van der Waals surface area contributed by atoms with Gasteiger partial charge >= 0.3 is 0 Å². The fraction of sp³-hybridized carbons (Fsp3) is 0.379. The number of halogens is 1. The zero-order chi connectivity index (χ0) is 26.1. The van der Waals surface area contributed by atoms with Crippen LogP contribution in [0.3, 0.4) is 0 Å². The number of aromatic amines is 1. The highest BCUT2D eigenvalue weighted by atomic mass is 19.1. The molecule has 8 heteroatoms. The van der Waals surface area contributed by atoms with Gasteiger partial charge in [0.1, 0.15) is 11.5 Å². The number of hydrogen-bond donors (Lipinski definition) is 3. The molecule has 5 rings (SSSR count). The second-order valence-corrected chi connectivity index (χ2v) is 9.93. The molecule has 0 atom stereocenters. The maximum atomic E-state index is 14.0. The lowest BCUT2D eigenvalue weighted by Crippen LogP contribution is -2.47. The van der Waals surface area contributed by atoms with Crippen molar-refractivity contribution in [3.8, 4) is 11.1 Å². The van der Waals surface area contributed by atoms with Crippen molar-refractivity contribution in [3.05, 3.63) is 83.0 Å². The standard InChI is InChI=1S/C29H36FN7/c1-4-6-20-7-9-22(30)16-24(20)21-8-10-23(25(31)15-21)28(32)29-33-26-17-37(18-27(26)34-29)19(3)36-13-11-35(5-2)12-14-36/h7-10,15-16,32H,3-6,11-14,17-18,31H2,1-2H3,(H,33,34). The largest absolute Gasteiger partial charge is 0.398 e. The number of fused-ring (bicyclic) bond motifs is 1. The van der Waals surface area contributed by atoms with E-state index in [9.17, 15) is 4.39 Å². The van der Waals surface area contributed by atoms with E-state index in [-0.39, 0.29) is 11.5 Å². The molecule has 2 aliphatic rings. The molecule has 0 saturated carbocycles. The van der Waals surface area contributed by atoms with Gasteiger partial charge in [0.25, 0.3) is 0 Å². The number of nitrogen functional groups attached to an aromatic ring is 1. The van der Waals surface area contributed by atoms with Crippen molar-refractivity contribution in [2.45, 2.75) is 39.8 Å². The first kappa shape index (κ1) is 25.0. The summed E-state index contributed by atoms with van der Waals surface area (Å²) in [5.74, 6) is 1.29. The molecule has 0 amide bonds. The van der Waals surface area contributed by atoms with Gasteiger partial charge in [0, 0.05) is 37.4 Å². The van der Waals surface area contributed by atoms with Crippen LogP contribution in [0.25, 0.3) is 11.1 Å². The van der Waals surface area contributed by atoms with E-state index in [0.717, 1.165) is 79.5 Å². The topological polar surface area (TPSA) is 88.3 Å². The van der Waals surface area contributed by atoms with Gasteiger partial charge in [0.05, 0.1) is 30.3 Å². The monoisotopic (exact) mass is 501 g/mol. The molecular formula is C29H36FN7. The first-order chi connectivity index (χ1) is 17.9. The van der Waals surface area contributed by atoms with E-state index >= 15 is 0 Å². The van der Waals surface area contributed by atoms with E-state index in [1.165, 1.54) is 6.07 Å². The predicted molar refractivity (Wildman–Crippen MR) is 147 cm³/mol. The molecule has 194 valence electrons. The van der Waals surface area contributed by atoms with Crippen molar-refractivity contribution in [2.24, 2.45) is 0 Å². The average Bonchev–Trinajstić information content (AvgIpc) is 3.49. The summed E-state index contributed by atoms with van der Waals surface area (Å²) in [7, 11) is 0. The lowest BCUT2D eigenvalue weighted by Gasteiger charge is -2.39. The Morgan fingerprint density at radius 1 is 1.08 bits per heavy atom. The molecular weight excluding hydrogens is 465 g/mol. The first-order valence-corrected chi connectivity index (χ1v) is 13.1. The number of aryl methyl sites for hydroxylation is 1. The number of piperazine rings is 1. The molecule has 37 heavy (non-hydrogen) atoms. The van der Waals surface area contributed by atoms with Crippen LogP contribution in [0.5, 0.6) is 0 Å². The Morgan fingerprint density at radius 2 is 1.86 bits per heavy atom. The van der Waals surface area contributed by atoms with E-state index in [4.69, 9.17) is 16.1 Å². The van der Waals surface area contributed by atoms with Crippen molar-refractivity contribution < 1.29 is 4.39 Å². The van der Waals surface area contributed by atoms with Gasteiger partial charge in [-0.1, -0.05) is 45.0 Å². The number of nitrogens with zero attached hydrogens (tertiary/aromatic N) is 4. The van der Waals surface area contributed by atoms with Gasteiger partial charge in [-0.05, 0) is 47.9 Å². The summed E-state index contributed by atoms with van der Waals surface area (Å²) in [6, 6.07) is 10.5. The summed E-state index contributed by atoms with van der Waals surface area (Å²) >= 11 is 0. The summed E-state index contributed by atoms with van der Waals surface area (Å²) in [4.78, 5) is 15.2. The summed E-state index contributed by atoms with van der Waals surface area (Å²) in [5.41, 5.74) is 12.5. The molecule has 2 aliphatic heterocycles. The molecule has 3 heterocycles. The highest BCUT2D eigenvalue weighted by molar-refractivity contribution is 6.12. The number of benzene rings is 2. The molecule has 1 fully saturated rings. The number of nitrogens with two attached hydrogens (primary N) is 1. The van der Waals surface area contributed by atoms with Crippen LogP contribution in [0.15, 0.2) is 48.8 Å². The lowest BCUT2D eigenvalue weighted by atomic mass is 9.94. The highest BCUT2D eigenvalue weighted by Gasteiger charge is 2.28. The lowest BCUT2D eigenvalue weighted by molar-refractivity contribution is 0.125. The van der Waals surface area contributed by atoms with Crippen LogP contribution in [0.4, 0.5) is 10.1 Å². The van der Waals surface area contributed by atoms with Crippen molar-refractivity contribution in [3.63, 3.8) is 0 Å². The fourth-order valence-electron chi connectivity index (χ4n) is 5.35. The third-order valence-electron chi connectivity index (χ3n) is 7.56. The zero-order valence-electron chi connectivity index (χ0n) is 21.8. The van der Waals surface area contributed by atoms with Crippen LogP contribution in [0.1, 0.15) is 48.6 Å². The van der Waals surface area contributed by atoms with E-state index in [2.05, 4.69) is 40.1 Å². The SMILES string of the molecule is C=C(N1CCN(CC)CC1)N1Cc2nc(C(=N)c3ccc(-c4cc(F)ccc4CCC)cc3N)[nH]c2C1. The van der Waals surface area contributed by atoms with Crippen molar-refractivity contribution in [1.82, 2.24) is 24.7 Å². The van der Waals surface area contributed by atoms with E-state index < -0.39 is 0 Å². The number of aromatic nitrogens is 2. The van der Waals surface area contributed by atoms with Crippen LogP contribution < -0.4 is 5.73 Å². The third kappa shape index (κ3) is 4.98. The van der Waals surface area contributed by atoms with Gasteiger partial charge in [-0.15, -0.1) is 0 Å².